The Morgan fingerprint density at radius 3 is 1.82 bits per heavy atom. The lowest BCUT2D eigenvalue weighted by molar-refractivity contribution is -0.134. The maximum atomic E-state index is 9.00. The first-order chi connectivity index (χ1) is 5.15. The van der Waals surface area contributed by atoms with Gasteiger partial charge in [0.2, 0.25) is 0 Å². The molecule has 0 fully saturated rings. The van der Waals surface area contributed by atoms with Gasteiger partial charge >= 0.3 is 0 Å². The number of carboxylic acids is 1. The minimum atomic E-state index is -0.833. The fourth-order valence-electron chi connectivity index (χ4n) is 0.160. The molecule has 0 spiro atoms. The van der Waals surface area contributed by atoms with E-state index in [0.717, 1.165) is 20.1 Å². The van der Waals surface area contributed by atoms with Crippen molar-refractivity contribution in [2.75, 3.05) is 13.2 Å². The highest BCUT2D eigenvalue weighted by atomic mass is 31.1. The van der Waals surface area contributed by atoms with Gasteiger partial charge in [-0.15, -0.1) is 0 Å². The van der Waals surface area contributed by atoms with Crippen LogP contribution >= 0.6 is 9.03 Å². The molecule has 68 valence electrons. The molecule has 0 aliphatic rings. The SMILES string of the molecule is CC(=O)O.CCOPOCC. The number of carboxylic acid groups (broad SMARTS) is 1. The lowest BCUT2D eigenvalue weighted by atomic mass is 10.9. The summed E-state index contributed by atoms with van der Waals surface area (Å²) in [4.78, 5) is 9.00. The van der Waals surface area contributed by atoms with Crippen LogP contribution in [0.1, 0.15) is 20.8 Å². The highest BCUT2D eigenvalue weighted by molar-refractivity contribution is 7.26. The van der Waals surface area contributed by atoms with Crippen LogP contribution < -0.4 is 0 Å². The fourth-order valence-corrected chi connectivity index (χ4v) is 0.479. The Labute approximate surface area is 68.8 Å². The van der Waals surface area contributed by atoms with E-state index in [0.29, 0.717) is 0 Å². The molecule has 0 aliphatic carbocycles. The Kier molecular flexibility index (Phi) is 15.2. The summed E-state index contributed by atoms with van der Waals surface area (Å²) in [5.41, 5.74) is 0. The highest BCUT2D eigenvalue weighted by Crippen LogP contribution is 2.10. The van der Waals surface area contributed by atoms with E-state index in [-0.39, 0.29) is 9.03 Å². The van der Waals surface area contributed by atoms with E-state index < -0.39 is 5.97 Å². The molecule has 0 amide bonds. The van der Waals surface area contributed by atoms with Crippen LogP contribution in [0.15, 0.2) is 0 Å². The Hall–Kier alpha value is -0.180. The summed E-state index contributed by atoms with van der Waals surface area (Å²) in [6, 6.07) is 0. The predicted molar refractivity (Wildman–Crippen MR) is 44.9 cm³/mol. The number of hydrogen-bond acceptors (Lipinski definition) is 3. The Morgan fingerprint density at radius 1 is 1.36 bits per heavy atom. The summed E-state index contributed by atoms with van der Waals surface area (Å²) >= 11 is 0. The van der Waals surface area contributed by atoms with Crippen LogP contribution in [-0.4, -0.2) is 24.3 Å². The molecule has 0 aromatic carbocycles. The third-order valence-corrected chi connectivity index (χ3v) is 1.22. The largest absolute Gasteiger partial charge is 0.481 e. The third-order valence-electron chi connectivity index (χ3n) is 0.407. The molecule has 0 saturated carbocycles. The fraction of sp³-hybridized carbons (Fsp3) is 0.833. The summed E-state index contributed by atoms with van der Waals surface area (Å²) in [5.74, 6) is -0.833. The van der Waals surface area contributed by atoms with Crippen molar-refractivity contribution < 1.29 is 18.9 Å². The molecule has 0 aromatic rings. The molecule has 0 atom stereocenters. The first-order valence-electron chi connectivity index (χ1n) is 3.33. The molecule has 0 rings (SSSR count). The molecule has 5 heteroatoms. The molecule has 0 heterocycles. The van der Waals surface area contributed by atoms with E-state index in [9.17, 15) is 0 Å². The molecular formula is C6H15O4P. The zero-order valence-electron chi connectivity index (χ0n) is 7.09. The number of rotatable bonds is 4. The maximum absolute atomic E-state index is 9.00. The summed E-state index contributed by atoms with van der Waals surface area (Å²) in [5, 5.41) is 7.42. The van der Waals surface area contributed by atoms with Gasteiger partial charge in [-0.25, -0.2) is 0 Å². The van der Waals surface area contributed by atoms with Crippen LogP contribution in [-0.2, 0) is 13.8 Å². The summed E-state index contributed by atoms with van der Waals surface area (Å²) in [6.07, 6.45) is 0. The normalized spacial score (nSPS) is 8.27. The molecule has 0 aliphatic heterocycles. The minimum Gasteiger partial charge on any atom is -0.481 e. The molecule has 1 N–H and O–H groups in total. The van der Waals surface area contributed by atoms with Crippen molar-refractivity contribution in [3.63, 3.8) is 0 Å². The van der Waals surface area contributed by atoms with Crippen molar-refractivity contribution in [3.8, 4) is 0 Å². The van der Waals surface area contributed by atoms with Crippen molar-refractivity contribution in [1.29, 1.82) is 0 Å². The topological polar surface area (TPSA) is 55.8 Å². The van der Waals surface area contributed by atoms with E-state index in [1.165, 1.54) is 0 Å². The van der Waals surface area contributed by atoms with Crippen LogP contribution in [0.25, 0.3) is 0 Å². The lowest BCUT2D eigenvalue weighted by Crippen LogP contribution is -1.78. The van der Waals surface area contributed by atoms with Gasteiger partial charge in [0.15, 0.2) is 9.03 Å². The summed E-state index contributed by atoms with van der Waals surface area (Å²) in [6.45, 7) is 6.48. The first-order valence-corrected chi connectivity index (χ1v) is 4.14. The Bertz CT molecular complexity index is 78.7. The molecular weight excluding hydrogens is 167 g/mol. The summed E-state index contributed by atoms with van der Waals surface area (Å²) in [7, 11) is 0.232. The molecule has 0 aromatic heterocycles. The standard InChI is InChI=1S/C4H11O2P.C2H4O2/c1-3-5-7-6-4-2;1-2(3)4/h7H,3-4H2,1-2H3;1H3,(H,3,4). The second kappa shape index (κ2) is 12.5. The van der Waals surface area contributed by atoms with E-state index in [1.54, 1.807) is 0 Å². The van der Waals surface area contributed by atoms with Crippen LogP contribution in [0.5, 0.6) is 0 Å². The zero-order chi connectivity index (χ0) is 9.11. The van der Waals surface area contributed by atoms with Gasteiger partial charge in [0, 0.05) is 6.92 Å². The molecule has 0 unspecified atom stereocenters. The molecule has 0 saturated heterocycles. The van der Waals surface area contributed by atoms with Crippen LogP contribution in [0, 0.1) is 0 Å². The minimum absolute atomic E-state index is 0.232. The van der Waals surface area contributed by atoms with Gasteiger partial charge in [0.25, 0.3) is 5.97 Å². The maximum Gasteiger partial charge on any atom is 0.300 e. The van der Waals surface area contributed by atoms with E-state index in [4.69, 9.17) is 18.9 Å². The average Bonchev–Trinajstić information content (AvgIpc) is 1.88. The molecule has 0 bridgehead atoms. The van der Waals surface area contributed by atoms with Gasteiger partial charge in [-0.2, -0.15) is 0 Å². The van der Waals surface area contributed by atoms with Crippen LogP contribution in [0.2, 0.25) is 0 Å². The van der Waals surface area contributed by atoms with Crippen molar-refractivity contribution in [2.45, 2.75) is 20.8 Å². The second-order valence-electron chi connectivity index (χ2n) is 1.47. The zero-order valence-corrected chi connectivity index (χ0v) is 8.09. The number of carbonyl (C=O) groups is 1. The van der Waals surface area contributed by atoms with E-state index in [1.807, 2.05) is 13.8 Å². The van der Waals surface area contributed by atoms with E-state index in [2.05, 4.69) is 0 Å². The van der Waals surface area contributed by atoms with Crippen LogP contribution in [0.4, 0.5) is 0 Å². The van der Waals surface area contributed by atoms with Crippen molar-refractivity contribution in [1.82, 2.24) is 0 Å². The monoisotopic (exact) mass is 182 g/mol. The van der Waals surface area contributed by atoms with Crippen molar-refractivity contribution in [2.24, 2.45) is 0 Å². The Balaban J connectivity index is 0. The predicted octanol–water partition coefficient (Wildman–Crippen LogP) is 1.66. The van der Waals surface area contributed by atoms with Gasteiger partial charge in [0.05, 0.1) is 13.2 Å². The number of hydrogen-bond donors (Lipinski definition) is 1. The molecule has 0 radical (unpaired) electrons. The summed E-state index contributed by atoms with van der Waals surface area (Å²) < 4.78 is 9.76. The number of aliphatic carboxylic acids is 1. The first kappa shape index (κ1) is 13.4. The third kappa shape index (κ3) is 41.2. The highest BCUT2D eigenvalue weighted by Gasteiger charge is 1.77. The van der Waals surface area contributed by atoms with Crippen molar-refractivity contribution >= 4 is 15.0 Å². The van der Waals surface area contributed by atoms with E-state index >= 15 is 0 Å². The smallest absolute Gasteiger partial charge is 0.300 e. The lowest BCUT2D eigenvalue weighted by Gasteiger charge is -1.96. The quantitative estimate of drug-likeness (QED) is 0.530. The van der Waals surface area contributed by atoms with Crippen molar-refractivity contribution in [3.05, 3.63) is 0 Å². The van der Waals surface area contributed by atoms with Gasteiger partial charge in [-0.05, 0) is 13.8 Å². The average molecular weight is 182 g/mol. The van der Waals surface area contributed by atoms with Gasteiger partial charge < -0.3 is 14.2 Å². The van der Waals surface area contributed by atoms with Gasteiger partial charge in [0.1, 0.15) is 0 Å². The van der Waals surface area contributed by atoms with Gasteiger partial charge in [-0.3, -0.25) is 4.79 Å². The second-order valence-corrected chi connectivity index (χ2v) is 2.21. The Morgan fingerprint density at radius 2 is 1.64 bits per heavy atom. The molecule has 4 nitrogen and oxygen atoms in total. The molecule has 11 heavy (non-hydrogen) atoms. The van der Waals surface area contributed by atoms with Gasteiger partial charge in [-0.1, -0.05) is 0 Å². The van der Waals surface area contributed by atoms with Crippen LogP contribution in [0.3, 0.4) is 0 Å².